The maximum Gasteiger partial charge on any atom is 0.124 e. The first-order valence-electron chi connectivity index (χ1n) is 4.12. The fraction of sp³-hybridized carbons (Fsp3) is 0.625. The van der Waals surface area contributed by atoms with Gasteiger partial charge in [-0.25, -0.2) is 4.98 Å². The number of halogens is 1. The third-order valence-corrected chi connectivity index (χ3v) is 2.72. The van der Waals surface area contributed by atoms with Crippen LogP contribution in [0.5, 0.6) is 0 Å². The summed E-state index contributed by atoms with van der Waals surface area (Å²) in [5, 5.41) is 13.4. The lowest BCUT2D eigenvalue weighted by Crippen LogP contribution is -2.27. The Bertz CT molecular complexity index is 264. The molecule has 0 radical (unpaired) electrons. The van der Waals surface area contributed by atoms with Gasteiger partial charge in [0.2, 0.25) is 0 Å². The van der Waals surface area contributed by atoms with E-state index in [1.165, 1.54) is 11.3 Å². The molecule has 1 unspecified atom stereocenters. The molecule has 0 fully saturated rings. The molecule has 0 amide bonds. The Hall–Kier alpha value is -0.160. The molecule has 13 heavy (non-hydrogen) atoms. The summed E-state index contributed by atoms with van der Waals surface area (Å²) >= 11 is 7.00. The number of rotatable bonds is 4. The number of aliphatic hydroxyl groups excluding tert-OH is 1. The number of hydrogen-bond donors (Lipinski definition) is 2. The number of aromatic nitrogens is 1. The third kappa shape index (κ3) is 3.60. The molecule has 74 valence electrons. The number of aliphatic hydroxyl groups is 1. The standard InChI is InChI=1S/C8H13ClN2OS/c1-5(2)10-3-6(12)8-11-4-7(9)13-8/h4-6,10,12H,3H2,1-2H3. The van der Waals surface area contributed by atoms with Crippen LogP contribution in [-0.4, -0.2) is 22.7 Å². The van der Waals surface area contributed by atoms with Gasteiger partial charge in [-0.05, 0) is 0 Å². The van der Waals surface area contributed by atoms with E-state index in [-0.39, 0.29) is 0 Å². The molecule has 1 aromatic heterocycles. The van der Waals surface area contributed by atoms with Gasteiger partial charge in [0.1, 0.15) is 15.4 Å². The second-order valence-electron chi connectivity index (χ2n) is 3.08. The van der Waals surface area contributed by atoms with Gasteiger partial charge in [-0.3, -0.25) is 0 Å². The lowest BCUT2D eigenvalue weighted by molar-refractivity contribution is 0.171. The molecule has 0 saturated carbocycles. The zero-order chi connectivity index (χ0) is 9.84. The molecule has 0 bridgehead atoms. The summed E-state index contributed by atoms with van der Waals surface area (Å²) in [5.74, 6) is 0. The van der Waals surface area contributed by atoms with Gasteiger partial charge in [-0.2, -0.15) is 0 Å². The molecule has 0 aliphatic carbocycles. The van der Waals surface area contributed by atoms with Crippen LogP contribution in [0.25, 0.3) is 0 Å². The highest BCUT2D eigenvalue weighted by molar-refractivity contribution is 7.15. The summed E-state index contributed by atoms with van der Waals surface area (Å²) in [7, 11) is 0. The summed E-state index contributed by atoms with van der Waals surface area (Å²) in [6.45, 7) is 4.57. The summed E-state index contributed by atoms with van der Waals surface area (Å²) in [5.41, 5.74) is 0. The topological polar surface area (TPSA) is 45.1 Å². The van der Waals surface area contributed by atoms with Crippen LogP contribution < -0.4 is 5.32 Å². The monoisotopic (exact) mass is 220 g/mol. The van der Waals surface area contributed by atoms with Gasteiger partial charge in [0, 0.05) is 12.6 Å². The molecule has 1 rings (SSSR count). The van der Waals surface area contributed by atoms with Gasteiger partial charge in [0.15, 0.2) is 0 Å². The number of hydrogen-bond acceptors (Lipinski definition) is 4. The first-order valence-corrected chi connectivity index (χ1v) is 5.31. The minimum atomic E-state index is -0.556. The van der Waals surface area contributed by atoms with Crippen molar-refractivity contribution < 1.29 is 5.11 Å². The van der Waals surface area contributed by atoms with Crippen molar-refractivity contribution in [2.75, 3.05) is 6.54 Å². The molecule has 0 aromatic carbocycles. The van der Waals surface area contributed by atoms with Crippen molar-refractivity contribution in [2.24, 2.45) is 0 Å². The van der Waals surface area contributed by atoms with E-state index in [0.717, 1.165) is 0 Å². The fourth-order valence-electron chi connectivity index (χ4n) is 0.856. The van der Waals surface area contributed by atoms with E-state index in [1.807, 2.05) is 13.8 Å². The lowest BCUT2D eigenvalue weighted by Gasteiger charge is -2.11. The van der Waals surface area contributed by atoms with E-state index in [0.29, 0.717) is 21.9 Å². The Labute approximate surface area is 86.8 Å². The molecule has 1 heterocycles. The number of nitrogens with one attached hydrogen (secondary N) is 1. The second-order valence-corrected chi connectivity index (χ2v) is 4.77. The number of nitrogens with zero attached hydrogens (tertiary/aromatic N) is 1. The predicted octanol–water partition coefficient (Wildman–Crippen LogP) is 1.83. The van der Waals surface area contributed by atoms with Crippen LogP contribution in [0.1, 0.15) is 25.0 Å². The van der Waals surface area contributed by atoms with Crippen molar-refractivity contribution in [1.29, 1.82) is 0 Å². The van der Waals surface area contributed by atoms with Crippen molar-refractivity contribution in [3.63, 3.8) is 0 Å². The van der Waals surface area contributed by atoms with E-state index in [1.54, 1.807) is 6.20 Å². The molecule has 2 N–H and O–H groups in total. The Morgan fingerprint density at radius 2 is 2.38 bits per heavy atom. The fourth-order valence-corrected chi connectivity index (χ4v) is 1.77. The maximum absolute atomic E-state index is 9.61. The second kappa shape index (κ2) is 4.91. The maximum atomic E-state index is 9.61. The molecule has 3 nitrogen and oxygen atoms in total. The molecular weight excluding hydrogens is 208 g/mol. The van der Waals surface area contributed by atoms with Crippen LogP contribution in [0, 0.1) is 0 Å². The molecule has 0 spiro atoms. The minimum absolute atomic E-state index is 0.366. The first-order chi connectivity index (χ1) is 6.09. The summed E-state index contributed by atoms with van der Waals surface area (Å²) in [4.78, 5) is 3.99. The minimum Gasteiger partial charge on any atom is -0.385 e. The van der Waals surface area contributed by atoms with Crippen LogP contribution in [0.3, 0.4) is 0 Å². The van der Waals surface area contributed by atoms with E-state index >= 15 is 0 Å². The molecule has 5 heteroatoms. The zero-order valence-electron chi connectivity index (χ0n) is 7.62. The Balaban J connectivity index is 2.44. The van der Waals surface area contributed by atoms with Crippen LogP contribution in [-0.2, 0) is 0 Å². The Morgan fingerprint density at radius 3 is 2.85 bits per heavy atom. The van der Waals surface area contributed by atoms with E-state index < -0.39 is 6.10 Å². The third-order valence-electron chi connectivity index (χ3n) is 1.50. The quantitative estimate of drug-likeness (QED) is 0.814. The van der Waals surface area contributed by atoms with Gasteiger partial charge in [0.25, 0.3) is 0 Å². The van der Waals surface area contributed by atoms with Gasteiger partial charge in [-0.15, -0.1) is 11.3 Å². The highest BCUT2D eigenvalue weighted by atomic mass is 35.5. The smallest absolute Gasteiger partial charge is 0.124 e. The normalized spacial score (nSPS) is 13.6. The SMILES string of the molecule is CC(C)NCC(O)c1ncc(Cl)s1. The zero-order valence-corrected chi connectivity index (χ0v) is 9.19. The van der Waals surface area contributed by atoms with Crippen LogP contribution in [0.2, 0.25) is 4.34 Å². The van der Waals surface area contributed by atoms with Crippen molar-refractivity contribution >= 4 is 22.9 Å². The van der Waals surface area contributed by atoms with E-state index in [9.17, 15) is 5.11 Å². The highest BCUT2D eigenvalue weighted by Gasteiger charge is 2.11. The molecule has 1 atom stereocenters. The molecule has 0 saturated heterocycles. The number of thiazole rings is 1. The van der Waals surface area contributed by atoms with Gasteiger partial charge >= 0.3 is 0 Å². The molecule has 0 aliphatic heterocycles. The van der Waals surface area contributed by atoms with Crippen molar-refractivity contribution in [3.05, 3.63) is 15.5 Å². The Morgan fingerprint density at radius 1 is 1.69 bits per heavy atom. The molecule has 1 aromatic rings. The van der Waals surface area contributed by atoms with Crippen LogP contribution >= 0.6 is 22.9 Å². The van der Waals surface area contributed by atoms with Crippen LogP contribution in [0.4, 0.5) is 0 Å². The van der Waals surface area contributed by atoms with E-state index in [2.05, 4.69) is 10.3 Å². The van der Waals surface area contributed by atoms with E-state index in [4.69, 9.17) is 11.6 Å². The van der Waals surface area contributed by atoms with Crippen molar-refractivity contribution in [2.45, 2.75) is 26.0 Å². The average Bonchev–Trinajstić information content (AvgIpc) is 2.47. The van der Waals surface area contributed by atoms with Crippen molar-refractivity contribution in [1.82, 2.24) is 10.3 Å². The predicted molar refractivity (Wildman–Crippen MR) is 55.2 cm³/mol. The van der Waals surface area contributed by atoms with Gasteiger partial charge in [-0.1, -0.05) is 25.4 Å². The first kappa shape index (κ1) is 10.9. The van der Waals surface area contributed by atoms with Gasteiger partial charge in [0.05, 0.1) is 6.20 Å². The van der Waals surface area contributed by atoms with Crippen molar-refractivity contribution in [3.8, 4) is 0 Å². The summed E-state index contributed by atoms with van der Waals surface area (Å²) in [6, 6.07) is 0.366. The highest BCUT2D eigenvalue weighted by Crippen LogP contribution is 2.23. The average molecular weight is 221 g/mol. The van der Waals surface area contributed by atoms with Crippen LogP contribution in [0.15, 0.2) is 6.20 Å². The molecular formula is C8H13ClN2OS. The summed E-state index contributed by atoms with van der Waals surface area (Å²) in [6.07, 6.45) is 1.00. The van der Waals surface area contributed by atoms with Gasteiger partial charge < -0.3 is 10.4 Å². The molecule has 0 aliphatic rings. The largest absolute Gasteiger partial charge is 0.385 e. The summed E-state index contributed by atoms with van der Waals surface area (Å²) < 4.78 is 0.610. The Kier molecular flexibility index (Phi) is 4.12. The lowest BCUT2D eigenvalue weighted by atomic mass is 10.3.